The molecule has 0 aliphatic heterocycles. The Balaban J connectivity index is 2.06. The number of nitrogens with one attached hydrogen (secondary N) is 1. The number of nitrogens with zero attached hydrogens (tertiary/aromatic N) is 1. The fraction of sp³-hybridized carbons (Fsp3) is 0.0769. The molecule has 6 heteroatoms. The maximum absolute atomic E-state index is 13.6. The van der Waals surface area contributed by atoms with E-state index in [-0.39, 0.29) is 16.1 Å². The molecule has 4 nitrogen and oxygen atoms in total. The second kappa shape index (κ2) is 5.50. The Bertz CT molecular complexity index is 661. The van der Waals surface area contributed by atoms with Crippen LogP contribution in [0.1, 0.15) is 20.1 Å². The van der Waals surface area contributed by atoms with Crippen LogP contribution >= 0.6 is 11.3 Å². The number of nitriles is 1. The quantitative estimate of drug-likeness (QED) is 0.900. The molecule has 2 rings (SSSR count). The Kier molecular flexibility index (Phi) is 3.78. The third-order valence-corrected chi connectivity index (χ3v) is 3.50. The molecule has 0 saturated heterocycles. The summed E-state index contributed by atoms with van der Waals surface area (Å²) in [7, 11) is 0. The summed E-state index contributed by atoms with van der Waals surface area (Å²) < 4.78 is 13.6. The van der Waals surface area contributed by atoms with Crippen LogP contribution in [0.25, 0.3) is 0 Å². The van der Waals surface area contributed by atoms with Crippen molar-refractivity contribution in [1.82, 2.24) is 0 Å². The van der Waals surface area contributed by atoms with Crippen LogP contribution in [0.15, 0.2) is 30.3 Å². The fourth-order valence-electron chi connectivity index (χ4n) is 1.50. The Morgan fingerprint density at radius 3 is 2.79 bits per heavy atom. The lowest BCUT2D eigenvalue weighted by Gasteiger charge is -2.06. The SMILES string of the molecule is N#Cc1ccc(NCc2ccc(C(=O)O)s2)c(F)c1. The van der Waals surface area contributed by atoms with Crippen LogP contribution in [0, 0.1) is 17.1 Å². The van der Waals surface area contributed by atoms with Gasteiger partial charge in [-0.25, -0.2) is 9.18 Å². The van der Waals surface area contributed by atoms with Crippen LogP contribution in [0.5, 0.6) is 0 Å². The van der Waals surface area contributed by atoms with Crippen LogP contribution in [0.2, 0.25) is 0 Å². The molecule has 96 valence electrons. The predicted molar refractivity (Wildman–Crippen MR) is 69.7 cm³/mol. The maximum Gasteiger partial charge on any atom is 0.345 e. The summed E-state index contributed by atoms with van der Waals surface area (Å²) in [5, 5.41) is 20.3. The summed E-state index contributed by atoms with van der Waals surface area (Å²) in [4.78, 5) is 11.8. The lowest BCUT2D eigenvalue weighted by Crippen LogP contribution is -2.00. The number of benzene rings is 1. The van der Waals surface area contributed by atoms with Crippen LogP contribution < -0.4 is 5.32 Å². The number of aromatic carboxylic acids is 1. The molecule has 0 saturated carbocycles. The number of carboxylic acid groups (broad SMARTS) is 1. The normalized spacial score (nSPS) is 9.89. The number of anilines is 1. The number of rotatable bonds is 4. The van der Waals surface area contributed by atoms with Gasteiger partial charge in [0.1, 0.15) is 10.7 Å². The molecule has 2 N–H and O–H groups in total. The number of halogens is 1. The second-order valence-corrected chi connectivity index (χ2v) is 4.90. The molecule has 19 heavy (non-hydrogen) atoms. The van der Waals surface area contributed by atoms with Crippen LogP contribution in [0.4, 0.5) is 10.1 Å². The number of carbonyl (C=O) groups is 1. The third-order valence-electron chi connectivity index (χ3n) is 2.42. The van der Waals surface area contributed by atoms with Crippen molar-refractivity contribution in [1.29, 1.82) is 5.26 Å². The van der Waals surface area contributed by atoms with Gasteiger partial charge in [0.15, 0.2) is 0 Å². The molecule has 0 aliphatic rings. The second-order valence-electron chi connectivity index (χ2n) is 3.73. The van der Waals surface area contributed by atoms with Gasteiger partial charge in [-0.2, -0.15) is 5.26 Å². The molecule has 1 aromatic heterocycles. The van der Waals surface area contributed by atoms with Gasteiger partial charge in [-0.3, -0.25) is 0 Å². The van der Waals surface area contributed by atoms with Crippen LogP contribution in [-0.4, -0.2) is 11.1 Å². The Morgan fingerprint density at radius 1 is 1.42 bits per heavy atom. The number of hydrogen-bond donors (Lipinski definition) is 2. The number of carboxylic acids is 1. The molecule has 0 spiro atoms. The summed E-state index contributed by atoms with van der Waals surface area (Å²) in [5.41, 5.74) is 0.539. The van der Waals surface area contributed by atoms with Gasteiger partial charge in [-0.15, -0.1) is 11.3 Å². The maximum atomic E-state index is 13.6. The van der Waals surface area contributed by atoms with E-state index in [4.69, 9.17) is 10.4 Å². The van der Waals surface area contributed by atoms with Gasteiger partial charge in [0.05, 0.1) is 17.3 Å². The average molecular weight is 276 g/mol. The molecule has 0 fully saturated rings. The summed E-state index contributed by atoms with van der Waals surface area (Å²) >= 11 is 1.14. The standard InChI is InChI=1S/C13H9FN2O2S/c14-10-5-8(6-15)1-3-11(10)16-7-9-2-4-12(19-9)13(17)18/h1-5,16H,7H2,(H,17,18). The molecule has 0 amide bonds. The van der Waals surface area contributed by atoms with Crippen molar-refractivity contribution in [2.45, 2.75) is 6.54 Å². The Labute approximate surface area is 112 Å². The lowest BCUT2D eigenvalue weighted by atomic mass is 10.2. The van der Waals surface area contributed by atoms with E-state index in [2.05, 4.69) is 5.32 Å². The highest BCUT2D eigenvalue weighted by molar-refractivity contribution is 7.13. The topological polar surface area (TPSA) is 73.1 Å². The van der Waals surface area contributed by atoms with Crippen LogP contribution in [0.3, 0.4) is 0 Å². The fourth-order valence-corrected chi connectivity index (χ4v) is 2.28. The van der Waals surface area contributed by atoms with Crippen molar-refractivity contribution < 1.29 is 14.3 Å². The van der Waals surface area contributed by atoms with Crippen molar-refractivity contribution in [3.63, 3.8) is 0 Å². The Hall–Kier alpha value is -2.39. The van der Waals surface area contributed by atoms with Crippen molar-refractivity contribution in [3.05, 3.63) is 51.5 Å². The van der Waals surface area contributed by atoms with Crippen molar-refractivity contribution in [3.8, 4) is 6.07 Å². The first-order chi connectivity index (χ1) is 9.10. The zero-order valence-corrected chi connectivity index (χ0v) is 10.5. The highest BCUT2D eigenvalue weighted by atomic mass is 32.1. The molecular weight excluding hydrogens is 267 g/mol. The molecule has 1 aromatic carbocycles. The zero-order chi connectivity index (χ0) is 13.8. The summed E-state index contributed by atoms with van der Waals surface area (Å²) in [5.74, 6) is -1.48. The highest BCUT2D eigenvalue weighted by Gasteiger charge is 2.08. The molecule has 0 aliphatic carbocycles. The smallest absolute Gasteiger partial charge is 0.345 e. The van der Waals surface area contributed by atoms with E-state index in [1.807, 2.05) is 6.07 Å². The monoisotopic (exact) mass is 276 g/mol. The Morgan fingerprint density at radius 2 is 2.21 bits per heavy atom. The van der Waals surface area contributed by atoms with Gasteiger partial charge in [-0.1, -0.05) is 0 Å². The van der Waals surface area contributed by atoms with Gasteiger partial charge in [0, 0.05) is 11.4 Å². The van der Waals surface area contributed by atoms with E-state index in [0.29, 0.717) is 6.54 Å². The number of hydrogen-bond acceptors (Lipinski definition) is 4. The van der Waals surface area contributed by atoms with Crippen molar-refractivity contribution in [2.75, 3.05) is 5.32 Å². The van der Waals surface area contributed by atoms with Crippen LogP contribution in [-0.2, 0) is 6.54 Å². The third kappa shape index (κ3) is 3.09. The minimum Gasteiger partial charge on any atom is -0.477 e. The van der Waals surface area contributed by atoms with Gasteiger partial charge in [0.2, 0.25) is 0 Å². The minimum absolute atomic E-state index is 0.247. The van der Waals surface area contributed by atoms with Gasteiger partial charge in [-0.05, 0) is 30.3 Å². The molecule has 0 bridgehead atoms. The van der Waals surface area contributed by atoms with E-state index in [1.54, 1.807) is 6.07 Å². The summed E-state index contributed by atoms with van der Waals surface area (Å²) in [6.07, 6.45) is 0. The predicted octanol–water partition coefficient (Wildman–Crippen LogP) is 3.07. The first kappa shape index (κ1) is 13.1. The highest BCUT2D eigenvalue weighted by Crippen LogP contribution is 2.20. The van der Waals surface area contributed by atoms with E-state index >= 15 is 0 Å². The van der Waals surface area contributed by atoms with E-state index in [0.717, 1.165) is 22.3 Å². The number of thiophene rings is 1. The molecular formula is C13H9FN2O2S. The molecule has 0 unspecified atom stereocenters. The lowest BCUT2D eigenvalue weighted by molar-refractivity contribution is 0.0702. The average Bonchev–Trinajstić information content (AvgIpc) is 2.86. The first-order valence-corrected chi connectivity index (χ1v) is 6.17. The zero-order valence-electron chi connectivity index (χ0n) is 9.68. The molecule has 1 heterocycles. The van der Waals surface area contributed by atoms with E-state index in [1.165, 1.54) is 18.2 Å². The summed E-state index contributed by atoms with van der Waals surface area (Å²) in [6.45, 7) is 0.334. The van der Waals surface area contributed by atoms with Gasteiger partial charge >= 0.3 is 5.97 Å². The van der Waals surface area contributed by atoms with Gasteiger partial charge < -0.3 is 10.4 Å². The molecule has 2 aromatic rings. The first-order valence-electron chi connectivity index (χ1n) is 5.35. The van der Waals surface area contributed by atoms with E-state index < -0.39 is 11.8 Å². The van der Waals surface area contributed by atoms with Crippen molar-refractivity contribution >= 4 is 23.0 Å². The van der Waals surface area contributed by atoms with Crippen molar-refractivity contribution in [2.24, 2.45) is 0 Å². The largest absolute Gasteiger partial charge is 0.477 e. The molecule has 0 radical (unpaired) electrons. The minimum atomic E-state index is -0.971. The van der Waals surface area contributed by atoms with E-state index in [9.17, 15) is 9.18 Å². The van der Waals surface area contributed by atoms with Gasteiger partial charge in [0.25, 0.3) is 0 Å². The summed E-state index contributed by atoms with van der Waals surface area (Å²) in [6, 6.07) is 9.20. The molecule has 0 atom stereocenters.